The molecule has 90 valence electrons. The fraction of sp³-hybridized carbons (Fsp3) is 0.455. The zero-order chi connectivity index (χ0) is 11.8. The summed E-state index contributed by atoms with van der Waals surface area (Å²) in [6.45, 7) is 0.816. The molecule has 2 aromatic rings. The Morgan fingerprint density at radius 1 is 1.41 bits per heavy atom. The third-order valence-corrected chi connectivity index (χ3v) is 4.14. The molecule has 6 heteroatoms. The maximum atomic E-state index is 5.77. The van der Waals surface area contributed by atoms with Crippen LogP contribution in [0.2, 0.25) is 0 Å². The Balaban J connectivity index is 2.11. The first-order valence-electron chi connectivity index (χ1n) is 5.57. The highest BCUT2D eigenvalue weighted by atomic mass is 127. The molecular formula is C11H11BrIN3O. The van der Waals surface area contributed by atoms with Gasteiger partial charge in [-0.3, -0.25) is 0 Å². The molecule has 3 heterocycles. The highest BCUT2D eigenvalue weighted by molar-refractivity contribution is 14.1. The van der Waals surface area contributed by atoms with Gasteiger partial charge in [0, 0.05) is 6.61 Å². The molecule has 3 rings (SSSR count). The first-order chi connectivity index (χ1) is 8.25. The number of hydrogen-bond acceptors (Lipinski definition) is 3. The molecule has 1 aliphatic rings. The van der Waals surface area contributed by atoms with Crippen LogP contribution in [0.25, 0.3) is 11.0 Å². The SMILES string of the molecule is Brc1ccc2c(I)nn(C3CCCCO3)c2n1. The lowest BCUT2D eigenvalue weighted by atomic mass is 10.2. The smallest absolute Gasteiger partial charge is 0.162 e. The first-order valence-corrected chi connectivity index (χ1v) is 7.45. The quantitative estimate of drug-likeness (QED) is 0.536. The second-order valence-electron chi connectivity index (χ2n) is 4.06. The predicted octanol–water partition coefficient (Wildman–Crippen LogP) is 3.50. The van der Waals surface area contributed by atoms with Crippen LogP contribution in [0.4, 0.5) is 0 Å². The molecule has 2 aromatic heterocycles. The Labute approximate surface area is 121 Å². The molecule has 1 unspecified atom stereocenters. The zero-order valence-corrected chi connectivity index (χ0v) is 12.8. The lowest BCUT2D eigenvalue weighted by Gasteiger charge is -2.22. The summed E-state index contributed by atoms with van der Waals surface area (Å²) in [4.78, 5) is 4.50. The lowest BCUT2D eigenvalue weighted by molar-refractivity contribution is -0.0372. The number of aromatic nitrogens is 3. The van der Waals surface area contributed by atoms with E-state index >= 15 is 0 Å². The Hall–Kier alpha value is -0.210. The molecular weight excluding hydrogens is 397 g/mol. The Morgan fingerprint density at radius 3 is 3.06 bits per heavy atom. The molecule has 0 N–H and O–H groups in total. The summed E-state index contributed by atoms with van der Waals surface area (Å²) >= 11 is 5.65. The van der Waals surface area contributed by atoms with Gasteiger partial charge < -0.3 is 4.74 Å². The van der Waals surface area contributed by atoms with Crippen molar-refractivity contribution < 1.29 is 4.74 Å². The van der Waals surface area contributed by atoms with Crippen LogP contribution in [0.15, 0.2) is 16.7 Å². The van der Waals surface area contributed by atoms with E-state index in [1.807, 2.05) is 16.8 Å². The summed E-state index contributed by atoms with van der Waals surface area (Å²) in [7, 11) is 0. The molecule has 0 spiro atoms. The van der Waals surface area contributed by atoms with Gasteiger partial charge in [-0.2, -0.15) is 5.10 Å². The fourth-order valence-corrected chi connectivity index (χ4v) is 3.03. The lowest BCUT2D eigenvalue weighted by Crippen LogP contribution is -2.19. The Morgan fingerprint density at radius 2 is 2.29 bits per heavy atom. The van der Waals surface area contributed by atoms with Gasteiger partial charge in [0.25, 0.3) is 0 Å². The minimum Gasteiger partial charge on any atom is -0.356 e. The molecule has 0 amide bonds. The van der Waals surface area contributed by atoms with E-state index in [-0.39, 0.29) is 6.23 Å². The number of hydrogen-bond donors (Lipinski definition) is 0. The average molecular weight is 408 g/mol. The van der Waals surface area contributed by atoms with Gasteiger partial charge in [-0.05, 0) is 69.9 Å². The summed E-state index contributed by atoms with van der Waals surface area (Å²) in [5.41, 5.74) is 0.899. The normalized spacial score (nSPS) is 20.9. The molecule has 0 saturated carbocycles. The molecule has 0 radical (unpaired) electrons. The Bertz CT molecular complexity index is 551. The van der Waals surface area contributed by atoms with Gasteiger partial charge in [0.15, 0.2) is 11.9 Å². The molecule has 1 atom stereocenters. The highest BCUT2D eigenvalue weighted by Gasteiger charge is 2.21. The van der Waals surface area contributed by atoms with Crippen molar-refractivity contribution >= 4 is 49.6 Å². The number of pyridine rings is 1. The molecule has 17 heavy (non-hydrogen) atoms. The van der Waals surface area contributed by atoms with E-state index in [1.165, 1.54) is 6.42 Å². The highest BCUT2D eigenvalue weighted by Crippen LogP contribution is 2.28. The zero-order valence-electron chi connectivity index (χ0n) is 9.07. The maximum Gasteiger partial charge on any atom is 0.162 e. The number of nitrogens with zero attached hydrogens (tertiary/aromatic N) is 3. The van der Waals surface area contributed by atoms with Gasteiger partial charge in [0.1, 0.15) is 8.30 Å². The molecule has 1 fully saturated rings. The minimum absolute atomic E-state index is 0.0385. The Kier molecular flexibility index (Phi) is 3.36. The van der Waals surface area contributed by atoms with Crippen molar-refractivity contribution in [1.82, 2.24) is 14.8 Å². The van der Waals surface area contributed by atoms with Gasteiger partial charge in [0.05, 0.1) is 5.39 Å². The van der Waals surface area contributed by atoms with Crippen LogP contribution in [0.1, 0.15) is 25.5 Å². The molecule has 4 nitrogen and oxygen atoms in total. The predicted molar refractivity (Wildman–Crippen MR) is 76.8 cm³/mol. The van der Waals surface area contributed by atoms with E-state index in [4.69, 9.17) is 4.74 Å². The van der Waals surface area contributed by atoms with Crippen molar-refractivity contribution in [3.05, 3.63) is 20.4 Å². The number of rotatable bonds is 1. The van der Waals surface area contributed by atoms with Crippen LogP contribution in [-0.2, 0) is 4.74 Å². The third-order valence-electron chi connectivity index (χ3n) is 2.90. The monoisotopic (exact) mass is 407 g/mol. The van der Waals surface area contributed by atoms with E-state index < -0.39 is 0 Å². The van der Waals surface area contributed by atoms with Crippen molar-refractivity contribution in [3.63, 3.8) is 0 Å². The van der Waals surface area contributed by atoms with Crippen LogP contribution < -0.4 is 0 Å². The second kappa shape index (κ2) is 4.81. The van der Waals surface area contributed by atoms with Crippen LogP contribution in [0, 0.1) is 3.70 Å². The fourth-order valence-electron chi connectivity index (χ4n) is 2.07. The van der Waals surface area contributed by atoms with Gasteiger partial charge in [0.2, 0.25) is 0 Å². The van der Waals surface area contributed by atoms with Gasteiger partial charge >= 0.3 is 0 Å². The van der Waals surface area contributed by atoms with Crippen LogP contribution >= 0.6 is 38.5 Å². The van der Waals surface area contributed by atoms with Gasteiger partial charge in [-0.15, -0.1) is 0 Å². The van der Waals surface area contributed by atoms with Gasteiger partial charge in [-0.25, -0.2) is 9.67 Å². The summed E-state index contributed by atoms with van der Waals surface area (Å²) in [6.07, 6.45) is 3.39. The standard InChI is InChI=1S/C11H11BrIN3O/c12-8-5-4-7-10(13)15-16(11(7)14-8)9-3-1-2-6-17-9/h4-5,9H,1-3,6H2. The van der Waals surface area contributed by atoms with E-state index in [2.05, 4.69) is 48.6 Å². The summed E-state index contributed by atoms with van der Waals surface area (Å²) in [5, 5.41) is 5.64. The van der Waals surface area contributed by atoms with E-state index in [9.17, 15) is 0 Å². The molecule has 0 aliphatic carbocycles. The van der Waals surface area contributed by atoms with E-state index in [1.54, 1.807) is 0 Å². The average Bonchev–Trinajstić information content (AvgIpc) is 2.67. The largest absolute Gasteiger partial charge is 0.356 e. The van der Waals surface area contributed by atoms with Crippen molar-refractivity contribution in [3.8, 4) is 0 Å². The maximum absolute atomic E-state index is 5.77. The second-order valence-corrected chi connectivity index (χ2v) is 5.90. The number of ether oxygens (including phenoxy) is 1. The summed E-state index contributed by atoms with van der Waals surface area (Å²) < 4.78 is 9.50. The molecule has 1 aliphatic heterocycles. The van der Waals surface area contributed by atoms with Gasteiger partial charge in [-0.1, -0.05) is 0 Å². The number of halogens is 2. The first kappa shape index (κ1) is 11.9. The van der Waals surface area contributed by atoms with Crippen molar-refractivity contribution in [2.75, 3.05) is 6.61 Å². The third kappa shape index (κ3) is 2.22. The van der Waals surface area contributed by atoms with Crippen molar-refractivity contribution in [2.24, 2.45) is 0 Å². The molecule has 0 aromatic carbocycles. The van der Waals surface area contributed by atoms with Crippen LogP contribution in [0.3, 0.4) is 0 Å². The van der Waals surface area contributed by atoms with Crippen LogP contribution in [-0.4, -0.2) is 21.4 Å². The topological polar surface area (TPSA) is 39.9 Å². The summed E-state index contributed by atoms with van der Waals surface area (Å²) in [5.74, 6) is 0. The molecule has 0 bridgehead atoms. The minimum atomic E-state index is 0.0385. The van der Waals surface area contributed by atoms with Crippen molar-refractivity contribution in [2.45, 2.75) is 25.5 Å². The molecule has 1 saturated heterocycles. The van der Waals surface area contributed by atoms with E-state index in [0.717, 1.165) is 38.8 Å². The van der Waals surface area contributed by atoms with E-state index in [0.29, 0.717) is 0 Å². The summed E-state index contributed by atoms with van der Waals surface area (Å²) in [6, 6.07) is 3.98. The number of fused-ring (bicyclic) bond motifs is 1. The van der Waals surface area contributed by atoms with Crippen molar-refractivity contribution in [1.29, 1.82) is 0 Å². The van der Waals surface area contributed by atoms with Crippen LogP contribution in [0.5, 0.6) is 0 Å².